The highest BCUT2D eigenvalue weighted by Crippen LogP contribution is 2.55. The molecule has 1 amide bonds. The summed E-state index contributed by atoms with van der Waals surface area (Å²) in [5, 5.41) is 2.33. The number of nitrogen functional groups attached to an aromatic ring is 1. The fourth-order valence-corrected chi connectivity index (χ4v) is 4.04. The number of nitrogens with zero attached hydrogens (tertiary/aromatic N) is 1. The molecule has 13 heteroatoms. The first-order valence-electron chi connectivity index (χ1n) is 10.2. The average Bonchev–Trinajstić information content (AvgIpc) is 3.08. The number of pyridine rings is 1. The second-order valence-corrected chi connectivity index (χ2v) is 8.08. The third-order valence-electron chi connectivity index (χ3n) is 6.16. The van der Waals surface area contributed by atoms with Crippen LogP contribution in [0.2, 0.25) is 0 Å². The van der Waals surface area contributed by atoms with Gasteiger partial charge in [0.05, 0.1) is 31.8 Å². The number of methoxy groups -OCH3 is 2. The van der Waals surface area contributed by atoms with E-state index in [9.17, 15) is 31.5 Å². The number of anilines is 2. The molecule has 1 saturated heterocycles. The molecule has 1 aliphatic rings. The van der Waals surface area contributed by atoms with E-state index in [2.05, 4.69) is 15.0 Å². The van der Waals surface area contributed by atoms with Crippen LogP contribution in [0, 0.1) is 17.6 Å². The number of aromatic nitrogens is 1. The van der Waals surface area contributed by atoms with Crippen LogP contribution in [0.3, 0.4) is 0 Å². The Morgan fingerprint density at radius 1 is 1.23 bits per heavy atom. The van der Waals surface area contributed by atoms with Crippen molar-refractivity contribution in [1.29, 1.82) is 0 Å². The van der Waals surface area contributed by atoms with E-state index in [-0.39, 0.29) is 22.6 Å². The Morgan fingerprint density at radius 3 is 2.43 bits per heavy atom. The van der Waals surface area contributed by atoms with Crippen molar-refractivity contribution in [2.75, 3.05) is 25.3 Å². The monoisotopic (exact) mass is 503 g/mol. The number of rotatable bonds is 5. The Bertz CT molecular complexity index is 1160. The highest BCUT2D eigenvalue weighted by Gasteiger charge is 2.66. The molecule has 0 bridgehead atoms. The molecule has 3 N–H and O–H groups in total. The predicted molar refractivity (Wildman–Crippen MR) is 113 cm³/mol. The van der Waals surface area contributed by atoms with E-state index in [1.807, 2.05) is 0 Å². The summed E-state index contributed by atoms with van der Waals surface area (Å²) >= 11 is 0. The first-order valence-corrected chi connectivity index (χ1v) is 10.2. The van der Waals surface area contributed by atoms with Crippen LogP contribution in [-0.2, 0) is 14.3 Å². The largest absolute Gasteiger partial charge is 0.493 e. The van der Waals surface area contributed by atoms with Crippen molar-refractivity contribution in [3.05, 3.63) is 47.3 Å². The number of ether oxygens (including phenoxy) is 3. The summed E-state index contributed by atoms with van der Waals surface area (Å²) in [6.45, 7) is 1.96. The van der Waals surface area contributed by atoms with Gasteiger partial charge in [-0.15, -0.1) is 0 Å². The first-order chi connectivity index (χ1) is 16.3. The van der Waals surface area contributed by atoms with E-state index < -0.39 is 59.0 Å². The lowest BCUT2D eigenvalue weighted by atomic mass is 9.77. The number of amides is 1. The lowest BCUT2D eigenvalue weighted by Crippen LogP contribution is -2.47. The molecular formula is C22H22F5N3O5. The van der Waals surface area contributed by atoms with Crippen LogP contribution in [-0.4, -0.2) is 49.0 Å². The Labute approximate surface area is 196 Å². The van der Waals surface area contributed by atoms with Crippen LogP contribution in [0.1, 0.15) is 35.8 Å². The quantitative estimate of drug-likeness (QED) is 0.471. The van der Waals surface area contributed by atoms with E-state index in [0.717, 1.165) is 45.5 Å². The van der Waals surface area contributed by atoms with Gasteiger partial charge in [0.25, 0.3) is 5.91 Å². The lowest BCUT2D eigenvalue weighted by molar-refractivity contribution is -0.272. The van der Waals surface area contributed by atoms with Crippen molar-refractivity contribution < 1.29 is 45.8 Å². The molecule has 1 fully saturated rings. The molecule has 190 valence electrons. The van der Waals surface area contributed by atoms with Crippen molar-refractivity contribution in [3.8, 4) is 5.75 Å². The van der Waals surface area contributed by atoms with Gasteiger partial charge in [0.2, 0.25) is 5.82 Å². The number of esters is 1. The molecule has 1 aromatic heterocycles. The molecule has 1 aliphatic heterocycles. The van der Waals surface area contributed by atoms with Gasteiger partial charge in [0, 0.05) is 17.4 Å². The summed E-state index contributed by atoms with van der Waals surface area (Å²) in [4.78, 5) is 28.5. The fraction of sp³-hybridized carbons (Fsp3) is 0.409. The number of alkyl halides is 3. The summed E-state index contributed by atoms with van der Waals surface area (Å²) in [6, 6.07) is 2.88. The van der Waals surface area contributed by atoms with Crippen molar-refractivity contribution >= 4 is 23.3 Å². The zero-order valence-corrected chi connectivity index (χ0v) is 19.0. The van der Waals surface area contributed by atoms with Gasteiger partial charge < -0.3 is 25.3 Å². The molecule has 0 aliphatic carbocycles. The van der Waals surface area contributed by atoms with E-state index in [0.29, 0.717) is 0 Å². The molecule has 4 atom stereocenters. The minimum atomic E-state index is -4.91. The van der Waals surface area contributed by atoms with Crippen LogP contribution in [0.25, 0.3) is 0 Å². The van der Waals surface area contributed by atoms with Crippen LogP contribution < -0.4 is 15.8 Å². The van der Waals surface area contributed by atoms with Gasteiger partial charge in [-0.2, -0.15) is 17.6 Å². The smallest absolute Gasteiger partial charge is 0.417 e. The molecule has 35 heavy (non-hydrogen) atoms. The van der Waals surface area contributed by atoms with Crippen molar-refractivity contribution in [2.45, 2.75) is 37.6 Å². The number of hydrogen-bond donors (Lipinski definition) is 2. The highest BCUT2D eigenvalue weighted by atomic mass is 19.4. The molecule has 0 spiro atoms. The van der Waals surface area contributed by atoms with Gasteiger partial charge in [0.15, 0.2) is 22.9 Å². The van der Waals surface area contributed by atoms with Crippen molar-refractivity contribution in [1.82, 2.24) is 4.98 Å². The molecule has 0 saturated carbocycles. The molecule has 8 nitrogen and oxygen atoms in total. The summed E-state index contributed by atoms with van der Waals surface area (Å²) < 4.78 is 84.9. The maximum absolute atomic E-state index is 14.4. The Morgan fingerprint density at radius 2 is 1.89 bits per heavy atom. The number of nitrogens with one attached hydrogen (secondary N) is 1. The summed E-state index contributed by atoms with van der Waals surface area (Å²) in [5.41, 5.74) is 2.45. The van der Waals surface area contributed by atoms with Crippen LogP contribution in [0.4, 0.5) is 33.3 Å². The lowest BCUT2D eigenvalue weighted by Gasteiger charge is -2.32. The number of halogens is 5. The van der Waals surface area contributed by atoms with Crippen molar-refractivity contribution in [3.63, 3.8) is 0 Å². The Balaban J connectivity index is 2.05. The second-order valence-electron chi connectivity index (χ2n) is 8.08. The summed E-state index contributed by atoms with van der Waals surface area (Å²) in [7, 11) is 2.15. The molecule has 3 rings (SSSR count). The number of carbonyl (C=O) groups is 2. The first kappa shape index (κ1) is 26.1. The number of benzene rings is 1. The zero-order valence-electron chi connectivity index (χ0n) is 19.0. The number of carbonyl (C=O) groups excluding carboxylic acids is 2. The second kappa shape index (κ2) is 9.29. The topological polar surface area (TPSA) is 113 Å². The Hall–Kier alpha value is -3.48. The third kappa shape index (κ3) is 4.47. The van der Waals surface area contributed by atoms with Gasteiger partial charge >= 0.3 is 12.1 Å². The molecular weight excluding hydrogens is 481 g/mol. The average molecular weight is 503 g/mol. The minimum Gasteiger partial charge on any atom is -0.493 e. The summed E-state index contributed by atoms with van der Waals surface area (Å²) in [6.07, 6.45) is -5.70. The maximum atomic E-state index is 14.4. The Kier molecular flexibility index (Phi) is 6.93. The van der Waals surface area contributed by atoms with Gasteiger partial charge in [-0.05, 0) is 19.1 Å². The fourth-order valence-electron chi connectivity index (χ4n) is 4.04. The van der Waals surface area contributed by atoms with Crippen LogP contribution >= 0.6 is 0 Å². The van der Waals surface area contributed by atoms with Gasteiger partial charge in [-0.3, -0.25) is 4.79 Å². The highest BCUT2D eigenvalue weighted by molar-refractivity contribution is 5.98. The zero-order chi connectivity index (χ0) is 26.3. The van der Waals surface area contributed by atoms with E-state index in [4.69, 9.17) is 15.2 Å². The minimum absolute atomic E-state index is 0.115. The SMILES string of the molecule is COC(=O)c1cc(N)c(NC(=O)[C@@H]2O[C@@](C)(C(F)(F)F)[C@@H](C)[C@H]2c2ccc(F)c(F)c2OC)cn1. The van der Waals surface area contributed by atoms with Gasteiger partial charge in [-0.25, -0.2) is 14.2 Å². The molecule has 0 unspecified atom stereocenters. The molecule has 1 aromatic carbocycles. The van der Waals surface area contributed by atoms with Crippen molar-refractivity contribution in [2.24, 2.45) is 5.92 Å². The number of nitrogens with two attached hydrogens (primary N) is 1. The normalized spacial score (nSPS) is 24.2. The van der Waals surface area contributed by atoms with Gasteiger partial charge in [0.1, 0.15) is 6.10 Å². The summed E-state index contributed by atoms with van der Waals surface area (Å²) in [5.74, 6) is -8.00. The molecule has 2 heterocycles. The van der Waals surface area contributed by atoms with Gasteiger partial charge in [-0.1, -0.05) is 13.0 Å². The van der Waals surface area contributed by atoms with Crippen LogP contribution in [0.5, 0.6) is 5.75 Å². The van der Waals surface area contributed by atoms with E-state index >= 15 is 0 Å². The predicted octanol–water partition coefficient (Wildman–Crippen LogP) is 3.82. The third-order valence-corrected chi connectivity index (χ3v) is 6.16. The van der Waals surface area contributed by atoms with Crippen LogP contribution in [0.15, 0.2) is 24.4 Å². The van der Waals surface area contributed by atoms with E-state index in [1.165, 1.54) is 6.92 Å². The molecule has 2 aromatic rings. The van der Waals surface area contributed by atoms with E-state index in [1.54, 1.807) is 0 Å². The molecule has 0 radical (unpaired) electrons. The maximum Gasteiger partial charge on any atom is 0.417 e. The number of hydrogen-bond acceptors (Lipinski definition) is 7. The standard InChI is InChI=1S/C22H22F5N3O5/c1-9-15(10-5-6-11(23)16(24)17(10)33-3)18(35-21(9,2)22(25,26)27)19(31)30-14-8-29-13(7-12(14)28)20(32)34-4/h5-9,15,18H,1-4H3,(H2,28,29)(H,30,31)/t9-,15-,18+,21+/m0/s1.